The van der Waals surface area contributed by atoms with Crippen molar-refractivity contribution >= 4 is 110 Å². The number of imidazole rings is 1. The molecule has 0 unspecified atom stereocenters. The zero-order valence-corrected chi connectivity index (χ0v) is 35.4. The Balaban J connectivity index is 1.02. The van der Waals surface area contributed by atoms with Crippen molar-refractivity contribution in [1.29, 1.82) is 0 Å². The molecule has 1 aliphatic heterocycles. The zero-order chi connectivity index (χ0) is 43.0. The Morgan fingerprint density at radius 2 is 0.894 bits per heavy atom. The van der Waals surface area contributed by atoms with Crippen LogP contribution in [0.15, 0.2) is 217 Å². The number of hydrogen-bond donors (Lipinski definition) is 0. The number of para-hydroxylation sites is 3. The van der Waals surface area contributed by atoms with Crippen LogP contribution in [0, 0.1) is 0 Å². The van der Waals surface area contributed by atoms with Crippen LogP contribution in [-0.4, -0.2) is 9.38 Å². The third kappa shape index (κ3) is 4.97. The normalized spacial score (nSPS) is 12.6. The van der Waals surface area contributed by atoms with Gasteiger partial charge in [0.1, 0.15) is 16.8 Å². The lowest BCUT2D eigenvalue weighted by molar-refractivity contribution is 0.478. The number of nitrogens with zero attached hydrogens (tertiary/aromatic N) is 3. The van der Waals surface area contributed by atoms with E-state index in [1.165, 1.54) is 37.7 Å². The molecule has 0 atom stereocenters. The molecule has 66 heavy (non-hydrogen) atoms. The second-order valence-electron chi connectivity index (χ2n) is 17.4. The van der Waals surface area contributed by atoms with E-state index in [4.69, 9.17) is 14.1 Å². The van der Waals surface area contributed by atoms with Gasteiger partial charge in [-0.05, 0) is 133 Å². The van der Waals surface area contributed by atoms with Crippen LogP contribution in [-0.2, 0) is 0 Å². The fraction of sp³-hybridized carbons (Fsp3) is 0. The third-order valence-electron chi connectivity index (χ3n) is 13.9. The van der Waals surface area contributed by atoms with Crippen LogP contribution in [0.2, 0.25) is 0 Å². The summed E-state index contributed by atoms with van der Waals surface area (Å²) in [6.45, 7) is 0. The molecule has 0 bridgehead atoms. The number of benzene rings is 11. The first-order valence-electron chi connectivity index (χ1n) is 22.4. The summed E-state index contributed by atoms with van der Waals surface area (Å²) >= 11 is 0. The minimum Gasteiger partial charge on any atom is -0.456 e. The first-order valence-corrected chi connectivity index (χ1v) is 22.4. The highest BCUT2D eigenvalue weighted by Gasteiger charge is 2.30. The molecule has 0 saturated carbocycles. The minimum atomic E-state index is 0.772. The first kappa shape index (κ1) is 35.5. The van der Waals surface area contributed by atoms with E-state index in [0.717, 1.165) is 106 Å². The smallest absolute Gasteiger partial charge is 0.152 e. The standard InChI is InChI=1S/C61H35N3O2/c1-2-14-38(15-3-1)63-55-32-48(37-26-28-46-45-22-11-13-25-57(45)65-58(46)31-37)49(36-27-29-52-54(30-36)64-53-24-12-10-21-44(53)43-20-8-9-23-47(43)61(64)62-52)34-59(55)66-60-35-51-42-19-7-5-17-40(42)39-16-4-6-18-41(39)50(51)33-56(60)63/h1-35H. The molecular weight excluding hydrogens is 807 g/mol. The van der Waals surface area contributed by atoms with Crippen molar-refractivity contribution in [3.63, 3.8) is 0 Å². The molecule has 0 N–H and O–H groups in total. The fourth-order valence-corrected chi connectivity index (χ4v) is 11.0. The Morgan fingerprint density at radius 1 is 0.348 bits per heavy atom. The van der Waals surface area contributed by atoms with Gasteiger partial charge >= 0.3 is 0 Å². The largest absolute Gasteiger partial charge is 0.456 e. The summed E-state index contributed by atoms with van der Waals surface area (Å²) in [5.74, 6) is 1.58. The molecule has 0 fully saturated rings. The van der Waals surface area contributed by atoms with Crippen LogP contribution in [0.25, 0.3) is 115 Å². The van der Waals surface area contributed by atoms with Crippen molar-refractivity contribution in [3.8, 4) is 33.8 Å². The molecule has 0 radical (unpaired) electrons. The summed E-state index contributed by atoms with van der Waals surface area (Å²) < 4.78 is 16.1. The van der Waals surface area contributed by atoms with Gasteiger partial charge in [0, 0.05) is 27.2 Å². The molecule has 3 aromatic heterocycles. The van der Waals surface area contributed by atoms with Crippen LogP contribution in [0.5, 0.6) is 11.5 Å². The maximum atomic E-state index is 7.23. The Hall–Kier alpha value is -8.93. The van der Waals surface area contributed by atoms with Crippen LogP contribution >= 0.6 is 0 Å². The lowest BCUT2D eigenvalue weighted by Crippen LogP contribution is -2.16. The summed E-state index contributed by atoms with van der Waals surface area (Å²) in [7, 11) is 0. The topological polar surface area (TPSA) is 42.9 Å². The van der Waals surface area contributed by atoms with Crippen LogP contribution in [0.4, 0.5) is 17.1 Å². The number of anilines is 3. The van der Waals surface area contributed by atoms with Gasteiger partial charge in [-0.1, -0.05) is 140 Å². The molecule has 0 saturated heterocycles. The highest BCUT2D eigenvalue weighted by molar-refractivity contribution is 6.26. The molecule has 14 aromatic rings. The van der Waals surface area contributed by atoms with E-state index in [9.17, 15) is 0 Å². The molecule has 1 aliphatic rings. The van der Waals surface area contributed by atoms with Gasteiger partial charge in [0.25, 0.3) is 0 Å². The van der Waals surface area contributed by atoms with Crippen molar-refractivity contribution in [1.82, 2.24) is 9.38 Å². The lowest BCUT2D eigenvalue weighted by atomic mass is 9.91. The molecule has 5 heteroatoms. The van der Waals surface area contributed by atoms with Gasteiger partial charge in [-0.25, -0.2) is 4.98 Å². The summed E-state index contributed by atoms with van der Waals surface area (Å²) in [6.07, 6.45) is 0. The van der Waals surface area contributed by atoms with E-state index in [1.54, 1.807) is 0 Å². The Morgan fingerprint density at radius 3 is 1.67 bits per heavy atom. The van der Waals surface area contributed by atoms with Crippen molar-refractivity contribution in [3.05, 3.63) is 212 Å². The Bertz CT molecular complexity index is 4390. The molecule has 5 nitrogen and oxygen atoms in total. The molecule has 15 rings (SSSR count). The summed E-state index contributed by atoms with van der Waals surface area (Å²) in [6, 6.07) is 76.1. The average Bonchev–Trinajstić information content (AvgIpc) is 3.96. The van der Waals surface area contributed by atoms with Crippen molar-refractivity contribution in [2.45, 2.75) is 0 Å². The minimum absolute atomic E-state index is 0.772. The second-order valence-corrected chi connectivity index (χ2v) is 17.4. The number of aromatic nitrogens is 2. The van der Waals surface area contributed by atoms with Gasteiger partial charge in [-0.15, -0.1) is 0 Å². The fourth-order valence-electron chi connectivity index (χ4n) is 11.0. The Labute approximate surface area is 377 Å². The highest BCUT2D eigenvalue weighted by atomic mass is 16.5. The van der Waals surface area contributed by atoms with Gasteiger partial charge < -0.3 is 14.1 Å². The van der Waals surface area contributed by atoms with Crippen LogP contribution in [0.3, 0.4) is 0 Å². The molecule has 4 heterocycles. The summed E-state index contributed by atoms with van der Waals surface area (Å²) in [5, 5.41) is 12.9. The van der Waals surface area contributed by atoms with Crippen molar-refractivity contribution in [2.75, 3.05) is 4.90 Å². The van der Waals surface area contributed by atoms with Crippen LogP contribution < -0.4 is 9.64 Å². The Kier molecular flexibility index (Phi) is 7.16. The van der Waals surface area contributed by atoms with Crippen molar-refractivity contribution < 1.29 is 9.15 Å². The molecule has 0 spiro atoms. The quantitative estimate of drug-likeness (QED) is 0.166. The zero-order valence-electron chi connectivity index (χ0n) is 35.4. The second kappa shape index (κ2) is 13.3. The van der Waals surface area contributed by atoms with E-state index in [-0.39, 0.29) is 0 Å². The summed E-state index contributed by atoms with van der Waals surface area (Å²) in [4.78, 5) is 7.66. The predicted octanol–water partition coefficient (Wildman–Crippen LogP) is 17.1. The molecule has 306 valence electrons. The monoisotopic (exact) mass is 841 g/mol. The number of pyridine rings is 1. The molecule has 11 aromatic carbocycles. The van der Waals surface area contributed by atoms with Crippen LogP contribution in [0.1, 0.15) is 0 Å². The van der Waals surface area contributed by atoms with Gasteiger partial charge in [0.2, 0.25) is 0 Å². The number of rotatable bonds is 3. The third-order valence-corrected chi connectivity index (χ3v) is 13.9. The maximum Gasteiger partial charge on any atom is 0.152 e. The number of fused-ring (bicyclic) bond motifs is 19. The molecule has 0 aliphatic carbocycles. The summed E-state index contributed by atoms with van der Waals surface area (Å²) in [5.41, 5.74) is 13.0. The number of hydrogen-bond acceptors (Lipinski definition) is 4. The van der Waals surface area contributed by atoms with E-state index in [1.807, 2.05) is 12.1 Å². The average molecular weight is 842 g/mol. The first-order chi connectivity index (χ1) is 32.7. The number of furan rings is 1. The van der Waals surface area contributed by atoms with E-state index < -0.39 is 0 Å². The van der Waals surface area contributed by atoms with E-state index in [2.05, 4.69) is 209 Å². The van der Waals surface area contributed by atoms with Gasteiger partial charge in [-0.3, -0.25) is 4.40 Å². The SMILES string of the molecule is c1ccc(N2c3cc(-c4ccc5c(c4)oc4ccccc45)c(-c4ccc5nc6c7ccccc7c7ccccc7n6c5c4)cc3Oc3cc4c5ccccc5c5ccccc5c4cc32)cc1. The van der Waals surface area contributed by atoms with Gasteiger partial charge in [0.15, 0.2) is 11.5 Å². The van der Waals surface area contributed by atoms with Gasteiger partial charge in [-0.2, -0.15) is 0 Å². The van der Waals surface area contributed by atoms with E-state index >= 15 is 0 Å². The lowest BCUT2D eigenvalue weighted by Gasteiger charge is -2.34. The molecular formula is C61H35N3O2. The number of ether oxygens (including phenoxy) is 1. The predicted molar refractivity (Wildman–Crippen MR) is 273 cm³/mol. The van der Waals surface area contributed by atoms with Crippen molar-refractivity contribution in [2.24, 2.45) is 0 Å². The van der Waals surface area contributed by atoms with Gasteiger partial charge in [0.05, 0.1) is 27.9 Å². The molecule has 0 amide bonds. The maximum absolute atomic E-state index is 7.23. The van der Waals surface area contributed by atoms with E-state index in [0.29, 0.717) is 0 Å². The highest BCUT2D eigenvalue weighted by Crippen LogP contribution is 2.55.